The van der Waals surface area contributed by atoms with Crippen LogP contribution in [0.5, 0.6) is 0 Å². The van der Waals surface area contributed by atoms with Gasteiger partial charge in [-0.05, 0) is 25.5 Å². The number of urea groups is 1. The third-order valence-electron chi connectivity index (χ3n) is 2.83. The zero-order valence-corrected chi connectivity index (χ0v) is 10.7. The molecule has 1 saturated heterocycles. The standard InChI is InChI=1S/C12H14F2N4O2/c1-6(5-7-8(13)3-2-4-9(7)14)15-11(19)10-16-12(20)18-17-10/h2-4,6,10,17H,5H2,1H3,(H,15,19)(H2,16,18,20). The van der Waals surface area contributed by atoms with Crippen molar-refractivity contribution < 1.29 is 18.4 Å². The van der Waals surface area contributed by atoms with Crippen LogP contribution in [0.4, 0.5) is 13.6 Å². The normalized spacial score (nSPS) is 19.1. The minimum atomic E-state index is -0.907. The summed E-state index contributed by atoms with van der Waals surface area (Å²) in [5.41, 5.74) is 4.56. The van der Waals surface area contributed by atoms with Crippen molar-refractivity contribution in [2.75, 3.05) is 0 Å². The van der Waals surface area contributed by atoms with E-state index in [1.165, 1.54) is 6.07 Å². The molecule has 0 aliphatic carbocycles. The Labute approximate surface area is 113 Å². The summed E-state index contributed by atoms with van der Waals surface area (Å²) in [4.78, 5) is 22.6. The lowest BCUT2D eigenvalue weighted by Crippen LogP contribution is -2.50. The highest BCUT2D eigenvalue weighted by Gasteiger charge is 2.27. The molecule has 20 heavy (non-hydrogen) atoms. The number of halogens is 2. The van der Waals surface area contributed by atoms with Crippen LogP contribution < -0.4 is 21.5 Å². The fourth-order valence-electron chi connectivity index (χ4n) is 1.88. The minimum Gasteiger partial charge on any atom is -0.350 e. The largest absolute Gasteiger partial charge is 0.350 e. The Morgan fingerprint density at radius 2 is 2.05 bits per heavy atom. The maximum atomic E-state index is 13.5. The van der Waals surface area contributed by atoms with E-state index in [-0.39, 0.29) is 12.0 Å². The number of rotatable bonds is 4. The Kier molecular flexibility index (Phi) is 4.14. The molecule has 2 rings (SSSR count). The topological polar surface area (TPSA) is 82.3 Å². The van der Waals surface area contributed by atoms with Crippen LogP contribution in [-0.4, -0.2) is 24.1 Å². The SMILES string of the molecule is CC(Cc1c(F)cccc1F)NC(=O)C1NNC(=O)N1. The Hall–Kier alpha value is -2.22. The van der Waals surface area contributed by atoms with Gasteiger partial charge in [0.15, 0.2) is 6.17 Å². The van der Waals surface area contributed by atoms with Gasteiger partial charge in [-0.15, -0.1) is 0 Å². The Balaban J connectivity index is 1.94. The molecule has 108 valence electrons. The molecule has 0 aromatic heterocycles. The van der Waals surface area contributed by atoms with E-state index in [1.54, 1.807) is 6.92 Å². The van der Waals surface area contributed by atoms with Crippen molar-refractivity contribution in [3.05, 3.63) is 35.4 Å². The number of benzene rings is 1. The third-order valence-corrected chi connectivity index (χ3v) is 2.83. The van der Waals surface area contributed by atoms with E-state index in [4.69, 9.17) is 0 Å². The van der Waals surface area contributed by atoms with E-state index >= 15 is 0 Å². The summed E-state index contributed by atoms with van der Waals surface area (Å²) < 4.78 is 26.9. The van der Waals surface area contributed by atoms with Crippen LogP contribution in [-0.2, 0) is 11.2 Å². The molecule has 6 nitrogen and oxygen atoms in total. The van der Waals surface area contributed by atoms with Crippen LogP contribution in [0.3, 0.4) is 0 Å². The van der Waals surface area contributed by atoms with Crippen molar-refractivity contribution in [2.24, 2.45) is 0 Å². The second-order valence-electron chi connectivity index (χ2n) is 4.49. The van der Waals surface area contributed by atoms with Crippen molar-refractivity contribution >= 4 is 11.9 Å². The number of hydrogen-bond donors (Lipinski definition) is 4. The van der Waals surface area contributed by atoms with Crippen LogP contribution in [0.25, 0.3) is 0 Å². The highest BCUT2D eigenvalue weighted by Crippen LogP contribution is 2.14. The molecule has 1 fully saturated rings. The van der Waals surface area contributed by atoms with E-state index in [9.17, 15) is 18.4 Å². The third kappa shape index (κ3) is 3.21. The molecule has 8 heteroatoms. The molecule has 0 bridgehead atoms. The first-order valence-electron chi connectivity index (χ1n) is 6.02. The predicted octanol–water partition coefficient (Wildman–Crippen LogP) is 0.156. The van der Waals surface area contributed by atoms with Gasteiger partial charge in [0.2, 0.25) is 0 Å². The molecule has 3 amide bonds. The first kappa shape index (κ1) is 14.2. The number of hydrogen-bond acceptors (Lipinski definition) is 3. The molecular formula is C12H14F2N4O2. The van der Waals surface area contributed by atoms with Gasteiger partial charge in [0, 0.05) is 11.6 Å². The average Bonchev–Trinajstić information content (AvgIpc) is 2.81. The monoisotopic (exact) mass is 284 g/mol. The van der Waals surface area contributed by atoms with Crippen LogP contribution >= 0.6 is 0 Å². The highest BCUT2D eigenvalue weighted by atomic mass is 19.1. The molecule has 1 heterocycles. The summed E-state index contributed by atoms with van der Waals surface area (Å²) >= 11 is 0. The summed E-state index contributed by atoms with van der Waals surface area (Å²) in [6, 6.07) is 2.60. The zero-order valence-electron chi connectivity index (χ0n) is 10.7. The molecule has 4 N–H and O–H groups in total. The Bertz CT molecular complexity index is 518. The average molecular weight is 284 g/mol. The first-order valence-corrected chi connectivity index (χ1v) is 6.02. The quantitative estimate of drug-likeness (QED) is 0.635. The van der Waals surface area contributed by atoms with E-state index in [2.05, 4.69) is 21.5 Å². The highest BCUT2D eigenvalue weighted by molar-refractivity contribution is 5.89. The van der Waals surface area contributed by atoms with Gasteiger partial charge in [0.05, 0.1) is 0 Å². The number of amides is 3. The van der Waals surface area contributed by atoms with E-state index in [0.29, 0.717) is 0 Å². The lowest BCUT2D eigenvalue weighted by Gasteiger charge is -2.17. The molecule has 1 aromatic rings. The van der Waals surface area contributed by atoms with Gasteiger partial charge in [0.1, 0.15) is 11.6 Å². The maximum absolute atomic E-state index is 13.5. The lowest BCUT2D eigenvalue weighted by molar-refractivity contribution is -0.123. The van der Waals surface area contributed by atoms with Gasteiger partial charge in [-0.3, -0.25) is 10.2 Å². The zero-order chi connectivity index (χ0) is 14.7. The van der Waals surface area contributed by atoms with Crippen molar-refractivity contribution in [1.29, 1.82) is 0 Å². The molecule has 1 aliphatic rings. The fourth-order valence-corrected chi connectivity index (χ4v) is 1.88. The molecule has 0 saturated carbocycles. The number of hydrazine groups is 1. The summed E-state index contributed by atoms with van der Waals surface area (Å²) in [7, 11) is 0. The molecule has 0 spiro atoms. The van der Waals surface area contributed by atoms with Crippen LogP contribution in [0.2, 0.25) is 0 Å². The fraction of sp³-hybridized carbons (Fsp3) is 0.333. The number of nitrogens with one attached hydrogen (secondary N) is 4. The Morgan fingerprint density at radius 1 is 1.40 bits per heavy atom. The van der Waals surface area contributed by atoms with Crippen LogP contribution in [0, 0.1) is 11.6 Å². The molecule has 2 atom stereocenters. The Morgan fingerprint density at radius 3 is 2.60 bits per heavy atom. The van der Waals surface area contributed by atoms with Gasteiger partial charge in [-0.2, -0.15) is 0 Å². The maximum Gasteiger partial charge on any atom is 0.330 e. The summed E-state index contributed by atoms with van der Waals surface area (Å²) in [5.74, 6) is -1.80. The van der Waals surface area contributed by atoms with Gasteiger partial charge >= 0.3 is 6.03 Å². The predicted molar refractivity (Wildman–Crippen MR) is 66.3 cm³/mol. The molecule has 1 aliphatic heterocycles. The molecule has 0 radical (unpaired) electrons. The summed E-state index contributed by atoms with van der Waals surface area (Å²) in [5, 5.41) is 4.88. The second kappa shape index (κ2) is 5.83. The number of carbonyl (C=O) groups is 2. The summed E-state index contributed by atoms with van der Waals surface area (Å²) in [6.45, 7) is 1.62. The molecular weight excluding hydrogens is 270 g/mol. The van der Waals surface area contributed by atoms with E-state index in [0.717, 1.165) is 12.1 Å². The van der Waals surface area contributed by atoms with Crippen LogP contribution in [0.15, 0.2) is 18.2 Å². The van der Waals surface area contributed by atoms with Crippen LogP contribution in [0.1, 0.15) is 12.5 Å². The van der Waals surface area contributed by atoms with Gasteiger partial charge in [-0.25, -0.2) is 19.0 Å². The molecule has 2 unspecified atom stereocenters. The van der Waals surface area contributed by atoms with E-state index < -0.39 is 35.8 Å². The first-order chi connectivity index (χ1) is 9.47. The second-order valence-corrected chi connectivity index (χ2v) is 4.49. The van der Waals surface area contributed by atoms with Crippen molar-refractivity contribution in [3.8, 4) is 0 Å². The van der Waals surface area contributed by atoms with Crippen molar-refractivity contribution in [2.45, 2.75) is 25.6 Å². The minimum absolute atomic E-state index is 0.0122. The van der Waals surface area contributed by atoms with Gasteiger partial charge in [-0.1, -0.05) is 6.07 Å². The number of carbonyl (C=O) groups excluding carboxylic acids is 2. The summed E-state index contributed by atoms with van der Waals surface area (Å²) in [6.07, 6.45) is -0.895. The van der Waals surface area contributed by atoms with Crippen molar-refractivity contribution in [1.82, 2.24) is 21.5 Å². The molecule has 1 aromatic carbocycles. The van der Waals surface area contributed by atoms with E-state index in [1.807, 2.05) is 0 Å². The lowest BCUT2D eigenvalue weighted by atomic mass is 10.1. The smallest absolute Gasteiger partial charge is 0.330 e. The van der Waals surface area contributed by atoms with Gasteiger partial charge in [0.25, 0.3) is 5.91 Å². The van der Waals surface area contributed by atoms with Gasteiger partial charge < -0.3 is 10.6 Å². The van der Waals surface area contributed by atoms with Crippen molar-refractivity contribution in [3.63, 3.8) is 0 Å².